The minimum atomic E-state index is -0.182. The molecular weight excluding hydrogens is 334 g/mol. The summed E-state index contributed by atoms with van der Waals surface area (Å²) >= 11 is 1.64. The van der Waals surface area contributed by atoms with Gasteiger partial charge in [0.2, 0.25) is 0 Å². The van der Waals surface area contributed by atoms with Crippen LogP contribution in [0.4, 0.5) is 0 Å². The molecule has 3 rings (SSSR count). The zero-order chi connectivity index (χ0) is 18.1. The standard InChI is InChI=1S/C19H21N3O2S/c1-12(2)22-18(23)15-8-6-5-7-14(15)17(20-22)19(24)21(4)11-16-13(3)9-10-25-16/h5-10,12H,11H2,1-4H3. The van der Waals surface area contributed by atoms with Gasteiger partial charge in [0.1, 0.15) is 0 Å². The summed E-state index contributed by atoms with van der Waals surface area (Å²) in [6.45, 7) is 6.34. The van der Waals surface area contributed by atoms with Gasteiger partial charge >= 0.3 is 0 Å². The van der Waals surface area contributed by atoms with E-state index in [2.05, 4.69) is 5.10 Å². The molecule has 2 aromatic heterocycles. The number of hydrogen-bond acceptors (Lipinski definition) is 4. The van der Waals surface area contributed by atoms with E-state index in [0.29, 0.717) is 23.0 Å². The maximum Gasteiger partial charge on any atom is 0.275 e. The minimum absolute atomic E-state index is 0.117. The summed E-state index contributed by atoms with van der Waals surface area (Å²) in [6.07, 6.45) is 0. The first-order valence-electron chi connectivity index (χ1n) is 8.20. The third kappa shape index (κ3) is 3.22. The van der Waals surface area contributed by atoms with Gasteiger partial charge in [-0.25, -0.2) is 4.68 Å². The number of aryl methyl sites for hydroxylation is 1. The maximum atomic E-state index is 13.0. The van der Waals surface area contributed by atoms with E-state index in [9.17, 15) is 9.59 Å². The third-order valence-corrected chi connectivity index (χ3v) is 5.22. The van der Waals surface area contributed by atoms with E-state index >= 15 is 0 Å². The van der Waals surface area contributed by atoms with Crippen molar-refractivity contribution in [1.29, 1.82) is 0 Å². The lowest BCUT2D eigenvalue weighted by atomic mass is 10.1. The van der Waals surface area contributed by atoms with Crippen LogP contribution in [-0.2, 0) is 6.54 Å². The first kappa shape index (κ1) is 17.4. The van der Waals surface area contributed by atoms with E-state index in [4.69, 9.17) is 0 Å². The van der Waals surface area contributed by atoms with Crippen LogP contribution in [0.25, 0.3) is 10.8 Å². The average Bonchev–Trinajstić information content (AvgIpc) is 2.99. The van der Waals surface area contributed by atoms with Crippen LogP contribution in [0.5, 0.6) is 0 Å². The smallest absolute Gasteiger partial charge is 0.275 e. The van der Waals surface area contributed by atoms with Gasteiger partial charge in [0.15, 0.2) is 5.69 Å². The van der Waals surface area contributed by atoms with Crippen molar-refractivity contribution in [2.75, 3.05) is 7.05 Å². The molecule has 0 radical (unpaired) electrons. The Kier molecular flexibility index (Phi) is 4.72. The van der Waals surface area contributed by atoms with Gasteiger partial charge in [-0.2, -0.15) is 5.10 Å². The Morgan fingerprint density at radius 2 is 1.92 bits per heavy atom. The molecule has 0 aliphatic carbocycles. The van der Waals surface area contributed by atoms with Crippen LogP contribution >= 0.6 is 11.3 Å². The number of amides is 1. The molecule has 0 aliphatic rings. The first-order valence-corrected chi connectivity index (χ1v) is 9.08. The Labute approximate surface area is 150 Å². The molecule has 5 nitrogen and oxygen atoms in total. The molecule has 3 aromatic rings. The highest BCUT2D eigenvalue weighted by atomic mass is 32.1. The molecule has 0 bridgehead atoms. The van der Waals surface area contributed by atoms with Crippen molar-refractivity contribution in [3.05, 3.63) is 62.2 Å². The lowest BCUT2D eigenvalue weighted by Crippen LogP contribution is -2.32. The van der Waals surface area contributed by atoms with E-state index in [0.717, 1.165) is 4.88 Å². The fraction of sp³-hybridized carbons (Fsp3) is 0.316. The predicted octanol–water partition coefficient (Wildman–Crippen LogP) is 3.62. The van der Waals surface area contributed by atoms with Gasteiger partial charge in [-0.15, -0.1) is 11.3 Å². The number of aromatic nitrogens is 2. The number of benzene rings is 1. The minimum Gasteiger partial charge on any atom is -0.335 e. The lowest BCUT2D eigenvalue weighted by Gasteiger charge is -2.19. The van der Waals surface area contributed by atoms with Crippen LogP contribution in [0.2, 0.25) is 0 Å². The quantitative estimate of drug-likeness (QED) is 0.718. The lowest BCUT2D eigenvalue weighted by molar-refractivity contribution is 0.0779. The van der Waals surface area contributed by atoms with Crippen LogP contribution in [0.1, 0.15) is 40.8 Å². The van der Waals surface area contributed by atoms with Crippen molar-refractivity contribution >= 4 is 28.0 Å². The molecule has 0 atom stereocenters. The largest absolute Gasteiger partial charge is 0.335 e. The Hall–Kier alpha value is -2.47. The SMILES string of the molecule is Cc1ccsc1CN(C)C(=O)c1nn(C(C)C)c(=O)c2ccccc12. The van der Waals surface area contributed by atoms with Gasteiger partial charge in [-0.1, -0.05) is 18.2 Å². The molecular formula is C19H21N3O2S. The molecule has 0 saturated carbocycles. The van der Waals surface area contributed by atoms with Gasteiger partial charge in [0.25, 0.3) is 11.5 Å². The van der Waals surface area contributed by atoms with Gasteiger partial charge < -0.3 is 4.90 Å². The van der Waals surface area contributed by atoms with Crippen LogP contribution < -0.4 is 5.56 Å². The Morgan fingerprint density at radius 3 is 2.52 bits per heavy atom. The predicted molar refractivity (Wildman–Crippen MR) is 101 cm³/mol. The fourth-order valence-corrected chi connectivity index (χ4v) is 3.71. The molecule has 1 amide bonds. The average molecular weight is 355 g/mol. The number of carbonyl (C=O) groups is 1. The van der Waals surface area contributed by atoms with E-state index in [-0.39, 0.29) is 17.5 Å². The van der Waals surface area contributed by atoms with E-state index in [1.165, 1.54) is 10.2 Å². The Balaban J connectivity index is 2.08. The molecule has 0 saturated heterocycles. The van der Waals surface area contributed by atoms with Gasteiger partial charge in [-0.3, -0.25) is 9.59 Å². The molecule has 0 unspecified atom stereocenters. The Bertz CT molecular complexity index is 988. The summed E-state index contributed by atoms with van der Waals surface area (Å²) in [5.41, 5.74) is 1.33. The highest BCUT2D eigenvalue weighted by Gasteiger charge is 2.21. The van der Waals surface area contributed by atoms with Gasteiger partial charge in [0, 0.05) is 17.3 Å². The summed E-state index contributed by atoms with van der Waals surface area (Å²) in [4.78, 5) is 28.4. The molecule has 0 N–H and O–H groups in total. The first-order chi connectivity index (χ1) is 11.9. The van der Waals surface area contributed by atoms with Crippen molar-refractivity contribution in [3.63, 3.8) is 0 Å². The van der Waals surface area contributed by atoms with Crippen LogP contribution in [-0.4, -0.2) is 27.6 Å². The summed E-state index contributed by atoms with van der Waals surface area (Å²) in [5, 5.41) is 7.54. The molecule has 2 heterocycles. The number of hydrogen-bond donors (Lipinski definition) is 0. The van der Waals surface area contributed by atoms with E-state index in [1.54, 1.807) is 41.5 Å². The van der Waals surface area contributed by atoms with Crippen molar-refractivity contribution in [3.8, 4) is 0 Å². The van der Waals surface area contributed by atoms with Crippen molar-refractivity contribution in [2.24, 2.45) is 0 Å². The number of carbonyl (C=O) groups excluding carboxylic acids is 1. The number of fused-ring (bicyclic) bond motifs is 1. The fourth-order valence-electron chi connectivity index (χ4n) is 2.75. The summed E-state index contributed by atoms with van der Waals surface area (Å²) in [5.74, 6) is -0.182. The molecule has 25 heavy (non-hydrogen) atoms. The highest BCUT2D eigenvalue weighted by molar-refractivity contribution is 7.10. The monoisotopic (exact) mass is 355 g/mol. The van der Waals surface area contributed by atoms with E-state index < -0.39 is 0 Å². The van der Waals surface area contributed by atoms with Crippen LogP contribution in [0.15, 0.2) is 40.5 Å². The second-order valence-electron chi connectivity index (χ2n) is 6.43. The number of rotatable bonds is 4. The summed E-state index contributed by atoms with van der Waals surface area (Å²) in [7, 11) is 1.77. The maximum absolute atomic E-state index is 13.0. The molecule has 0 fully saturated rings. The Morgan fingerprint density at radius 1 is 1.24 bits per heavy atom. The molecule has 1 aromatic carbocycles. The van der Waals surface area contributed by atoms with Crippen molar-refractivity contribution < 1.29 is 4.79 Å². The van der Waals surface area contributed by atoms with Crippen molar-refractivity contribution in [1.82, 2.24) is 14.7 Å². The van der Waals surface area contributed by atoms with Gasteiger partial charge in [-0.05, 0) is 43.8 Å². The van der Waals surface area contributed by atoms with Crippen LogP contribution in [0.3, 0.4) is 0 Å². The van der Waals surface area contributed by atoms with Crippen molar-refractivity contribution in [2.45, 2.75) is 33.4 Å². The summed E-state index contributed by atoms with van der Waals surface area (Å²) < 4.78 is 1.39. The third-order valence-electron chi connectivity index (χ3n) is 4.22. The zero-order valence-electron chi connectivity index (χ0n) is 14.8. The molecule has 130 valence electrons. The number of thiophene rings is 1. The molecule has 0 spiro atoms. The molecule has 0 aliphatic heterocycles. The molecule has 6 heteroatoms. The topological polar surface area (TPSA) is 55.2 Å². The summed E-state index contributed by atoms with van der Waals surface area (Å²) in [6, 6.07) is 9.09. The second-order valence-corrected chi connectivity index (χ2v) is 7.43. The highest BCUT2D eigenvalue weighted by Crippen LogP contribution is 2.20. The van der Waals surface area contributed by atoms with Gasteiger partial charge in [0.05, 0.1) is 18.0 Å². The van der Waals surface area contributed by atoms with E-state index in [1.807, 2.05) is 38.3 Å². The number of nitrogens with zero attached hydrogens (tertiary/aromatic N) is 3. The zero-order valence-corrected chi connectivity index (χ0v) is 15.6. The second kappa shape index (κ2) is 6.80. The normalized spacial score (nSPS) is 11.2. The van der Waals surface area contributed by atoms with Crippen LogP contribution in [0, 0.1) is 6.92 Å².